The number of aliphatic hydroxyl groups is 1. The van der Waals surface area contributed by atoms with E-state index in [-0.39, 0.29) is 12.5 Å². The van der Waals surface area contributed by atoms with E-state index in [0.717, 1.165) is 5.69 Å². The number of halogens is 2. The van der Waals surface area contributed by atoms with Crippen molar-refractivity contribution in [2.45, 2.75) is 6.42 Å². The Morgan fingerprint density at radius 2 is 1.83 bits per heavy atom. The molecule has 0 aromatic heterocycles. The first-order valence-corrected chi connectivity index (χ1v) is 8.10. The van der Waals surface area contributed by atoms with Gasteiger partial charge >= 0.3 is 0 Å². The fourth-order valence-electron chi connectivity index (χ4n) is 2.79. The van der Waals surface area contributed by atoms with Crippen molar-refractivity contribution in [2.24, 2.45) is 0 Å². The summed E-state index contributed by atoms with van der Waals surface area (Å²) < 4.78 is 0. The number of β-amino-alcohol motifs (C(OH)–C–C–N with tert-alkyl or cyclic N) is 1. The van der Waals surface area contributed by atoms with E-state index in [1.807, 2.05) is 29.2 Å². The van der Waals surface area contributed by atoms with Crippen LogP contribution in [0.1, 0.15) is 6.42 Å². The second-order valence-electron chi connectivity index (χ2n) is 5.27. The number of rotatable bonds is 3. The highest BCUT2D eigenvalue weighted by Gasteiger charge is 2.28. The molecule has 0 radical (unpaired) electrons. The topological polar surface area (TPSA) is 43.8 Å². The molecule has 6 heteroatoms. The molecule has 1 aliphatic heterocycles. The maximum absolute atomic E-state index is 12.7. The number of carbonyl (C=O) groups is 1. The van der Waals surface area contributed by atoms with Crippen LogP contribution in [0.25, 0.3) is 0 Å². The highest BCUT2D eigenvalue weighted by atomic mass is 35.5. The van der Waals surface area contributed by atoms with Crippen LogP contribution in [0.2, 0.25) is 10.0 Å². The van der Waals surface area contributed by atoms with Gasteiger partial charge in [0, 0.05) is 24.5 Å². The summed E-state index contributed by atoms with van der Waals surface area (Å²) >= 11 is 12.5. The van der Waals surface area contributed by atoms with Gasteiger partial charge < -0.3 is 10.0 Å². The molecule has 1 aliphatic rings. The average molecular weight is 351 g/mol. The minimum absolute atomic E-state index is 0.0162. The molecule has 0 unspecified atom stereocenters. The summed E-state index contributed by atoms with van der Waals surface area (Å²) in [5.74, 6) is -0.0537. The summed E-state index contributed by atoms with van der Waals surface area (Å²) in [5.41, 5.74) is 2.17. The van der Waals surface area contributed by atoms with E-state index in [0.29, 0.717) is 40.9 Å². The van der Waals surface area contributed by atoms with Gasteiger partial charge in [-0.05, 0) is 30.3 Å². The van der Waals surface area contributed by atoms with Crippen LogP contribution in [0.4, 0.5) is 17.1 Å². The van der Waals surface area contributed by atoms with Crippen molar-refractivity contribution in [3.8, 4) is 0 Å². The van der Waals surface area contributed by atoms with Crippen molar-refractivity contribution in [1.82, 2.24) is 0 Å². The highest BCUT2D eigenvalue weighted by molar-refractivity contribution is 6.34. The third kappa shape index (κ3) is 3.15. The Labute approximate surface area is 144 Å². The summed E-state index contributed by atoms with van der Waals surface area (Å²) in [5, 5.41) is 10.3. The van der Waals surface area contributed by atoms with Gasteiger partial charge in [-0.2, -0.15) is 0 Å². The SMILES string of the molecule is O=C1CCN(CCO)c2ccc(Cl)cc2N1c1ccccc1Cl. The first kappa shape index (κ1) is 16.1. The van der Waals surface area contributed by atoms with Crippen LogP contribution in [-0.2, 0) is 4.79 Å². The van der Waals surface area contributed by atoms with E-state index in [2.05, 4.69) is 0 Å². The summed E-state index contributed by atoms with van der Waals surface area (Å²) in [6.07, 6.45) is 0.331. The third-order valence-electron chi connectivity index (χ3n) is 3.83. The second-order valence-corrected chi connectivity index (χ2v) is 6.12. The van der Waals surface area contributed by atoms with Gasteiger partial charge in [-0.1, -0.05) is 35.3 Å². The molecule has 0 fully saturated rings. The largest absolute Gasteiger partial charge is 0.395 e. The lowest BCUT2D eigenvalue weighted by Crippen LogP contribution is -2.28. The molecule has 0 saturated heterocycles. The van der Waals surface area contributed by atoms with Gasteiger partial charge in [-0.3, -0.25) is 9.69 Å². The molecule has 2 aromatic rings. The molecule has 0 spiro atoms. The molecule has 0 aliphatic carbocycles. The minimum atomic E-state index is -0.0537. The van der Waals surface area contributed by atoms with Crippen molar-refractivity contribution < 1.29 is 9.90 Å². The van der Waals surface area contributed by atoms with Gasteiger partial charge in [0.15, 0.2) is 0 Å². The van der Waals surface area contributed by atoms with Crippen LogP contribution in [-0.4, -0.2) is 30.7 Å². The maximum atomic E-state index is 12.7. The molecule has 0 saturated carbocycles. The van der Waals surface area contributed by atoms with E-state index in [1.54, 1.807) is 23.1 Å². The lowest BCUT2D eigenvalue weighted by molar-refractivity contribution is -0.117. The third-order valence-corrected chi connectivity index (χ3v) is 4.38. The quantitative estimate of drug-likeness (QED) is 0.913. The number of hydrogen-bond donors (Lipinski definition) is 1. The number of benzene rings is 2. The van der Waals surface area contributed by atoms with Crippen molar-refractivity contribution in [3.63, 3.8) is 0 Å². The normalized spacial score (nSPS) is 14.7. The summed E-state index contributed by atoms with van der Waals surface area (Å²) in [6, 6.07) is 12.6. The van der Waals surface area contributed by atoms with E-state index in [9.17, 15) is 9.90 Å². The number of fused-ring (bicyclic) bond motifs is 1. The molecule has 4 nitrogen and oxygen atoms in total. The Hall–Kier alpha value is -1.75. The Morgan fingerprint density at radius 3 is 2.57 bits per heavy atom. The molecule has 23 heavy (non-hydrogen) atoms. The van der Waals surface area contributed by atoms with Gasteiger partial charge in [0.2, 0.25) is 5.91 Å². The molecule has 0 bridgehead atoms. The number of para-hydroxylation sites is 1. The maximum Gasteiger partial charge on any atom is 0.233 e. The van der Waals surface area contributed by atoms with E-state index >= 15 is 0 Å². The standard InChI is InChI=1S/C17H16Cl2N2O2/c18-12-5-6-15-16(11-12)21(14-4-2-1-3-13(14)19)17(23)7-8-20(15)9-10-22/h1-6,11,22H,7-10H2. The van der Waals surface area contributed by atoms with Gasteiger partial charge in [-0.25, -0.2) is 0 Å². The lowest BCUT2D eigenvalue weighted by Gasteiger charge is -2.27. The number of aliphatic hydroxyl groups excluding tert-OH is 1. The fraction of sp³-hybridized carbons (Fsp3) is 0.235. The molecule has 1 N–H and O–H groups in total. The first-order valence-electron chi connectivity index (χ1n) is 7.34. The zero-order valence-corrected chi connectivity index (χ0v) is 13.9. The van der Waals surface area contributed by atoms with Crippen molar-refractivity contribution in [1.29, 1.82) is 0 Å². The van der Waals surface area contributed by atoms with E-state index < -0.39 is 0 Å². The molecule has 1 heterocycles. The number of carbonyl (C=O) groups excluding carboxylic acids is 1. The summed E-state index contributed by atoms with van der Waals surface area (Å²) in [6.45, 7) is 1.01. The van der Waals surface area contributed by atoms with E-state index in [4.69, 9.17) is 23.2 Å². The number of amides is 1. The summed E-state index contributed by atoms with van der Waals surface area (Å²) in [4.78, 5) is 16.3. The number of anilines is 3. The zero-order chi connectivity index (χ0) is 16.4. The molecule has 120 valence electrons. The second kappa shape index (κ2) is 6.79. The van der Waals surface area contributed by atoms with Crippen LogP contribution >= 0.6 is 23.2 Å². The fourth-order valence-corrected chi connectivity index (χ4v) is 3.18. The summed E-state index contributed by atoms with van der Waals surface area (Å²) in [7, 11) is 0. The van der Waals surface area contributed by atoms with Gasteiger partial charge in [0.25, 0.3) is 0 Å². The molecule has 1 amide bonds. The predicted molar refractivity (Wildman–Crippen MR) is 94.0 cm³/mol. The average Bonchev–Trinajstić information content (AvgIpc) is 2.66. The molecule has 0 atom stereocenters. The minimum Gasteiger partial charge on any atom is -0.395 e. The van der Waals surface area contributed by atoms with Crippen LogP contribution in [0.3, 0.4) is 0 Å². The van der Waals surface area contributed by atoms with E-state index in [1.165, 1.54) is 0 Å². The van der Waals surface area contributed by atoms with Crippen LogP contribution in [0, 0.1) is 0 Å². The van der Waals surface area contributed by atoms with Crippen molar-refractivity contribution >= 4 is 46.2 Å². The predicted octanol–water partition coefficient (Wildman–Crippen LogP) is 3.86. The number of hydrogen-bond acceptors (Lipinski definition) is 3. The molecular weight excluding hydrogens is 335 g/mol. The Kier molecular flexibility index (Phi) is 4.76. The van der Waals surface area contributed by atoms with Gasteiger partial charge in [0.1, 0.15) is 0 Å². The van der Waals surface area contributed by atoms with Gasteiger partial charge in [0.05, 0.1) is 28.7 Å². The Bertz CT molecular complexity index is 736. The Morgan fingerprint density at radius 1 is 1.04 bits per heavy atom. The van der Waals surface area contributed by atoms with Gasteiger partial charge in [-0.15, -0.1) is 0 Å². The number of nitrogens with zero attached hydrogens (tertiary/aromatic N) is 2. The monoisotopic (exact) mass is 350 g/mol. The lowest BCUT2D eigenvalue weighted by atomic mass is 10.2. The van der Waals surface area contributed by atoms with Crippen molar-refractivity contribution in [3.05, 3.63) is 52.5 Å². The smallest absolute Gasteiger partial charge is 0.233 e. The molecule has 3 rings (SSSR count). The van der Waals surface area contributed by atoms with Crippen molar-refractivity contribution in [2.75, 3.05) is 29.5 Å². The van der Waals surface area contributed by atoms with Crippen LogP contribution < -0.4 is 9.80 Å². The van der Waals surface area contributed by atoms with Crippen LogP contribution in [0.15, 0.2) is 42.5 Å². The zero-order valence-electron chi connectivity index (χ0n) is 12.4. The van der Waals surface area contributed by atoms with Crippen LogP contribution in [0.5, 0.6) is 0 Å². The molecular formula is C17H16Cl2N2O2. The molecule has 2 aromatic carbocycles. The highest BCUT2D eigenvalue weighted by Crippen LogP contribution is 2.41. The first-order chi connectivity index (χ1) is 11.1. The Balaban J connectivity index is 2.18.